The highest BCUT2D eigenvalue weighted by Gasteiger charge is 2.29. The van der Waals surface area contributed by atoms with Gasteiger partial charge < -0.3 is 19.9 Å². The van der Waals surface area contributed by atoms with Gasteiger partial charge in [-0.25, -0.2) is 4.79 Å². The van der Waals surface area contributed by atoms with Crippen molar-refractivity contribution in [2.75, 3.05) is 20.3 Å². The summed E-state index contributed by atoms with van der Waals surface area (Å²) in [6.45, 7) is 0.204. The van der Waals surface area contributed by atoms with Crippen LogP contribution in [0.3, 0.4) is 0 Å². The number of benzene rings is 3. The molecule has 0 heterocycles. The summed E-state index contributed by atoms with van der Waals surface area (Å²) in [5.41, 5.74) is 5.59. The van der Waals surface area contributed by atoms with Crippen LogP contribution >= 0.6 is 0 Å². The van der Waals surface area contributed by atoms with Crippen LogP contribution in [0, 0.1) is 0 Å². The monoisotopic (exact) mass is 403 g/mol. The Morgan fingerprint density at radius 1 is 1.00 bits per heavy atom. The summed E-state index contributed by atoms with van der Waals surface area (Å²) in [5.74, 6) is 0.709. The number of nitrogens with one attached hydrogen (secondary N) is 1. The largest absolute Gasteiger partial charge is 0.497 e. The molecule has 1 amide bonds. The molecule has 0 aliphatic heterocycles. The van der Waals surface area contributed by atoms with Gasteiger partial charge in [-0.2, -0.15) is 0 Å². The van der Waals surface area contributed by atoms with Gasteiger partial charge in [-0.15, -0.1) is 0 Å². The van der Waals surface area contributed by atoms with Crippen molar-refractivity contribution in [2.24, 2.45) is 0 Å². The first-order valence-corrected chi connectivity index (χ1v) is 10.1. The molecule has 0 spiro atoms. The molecule has 0 radical (unpaired) electrons. The Labute approximate surface area is 176 Å². The fraction of sp³-hybridized carbons (Fsp3) is 0.240. The SMILES string of the molecule is COc1cccc([C@H](CCO)NC(=O)OCC2c3ccccc3-c3ccccc32)c1. The van der Waals surface area contributed by atoms with E-state index in [0.29, 0.717) is 12.2 Å². The molecule has 0 aromatic heterocycles. The van der Waals surface area contributed by atoms with Gasteiger partial charge in [0.25, 0.3) is 0 Å². The van der Waals surface area contributed by atoms with Crippen LogP contribution in [0.1, 0.15) is 35.1 Å². The molecule has 5 nitrogen and oxygen atoms in total. The molecular formula is C25H25NO4. The topological polar surface area (TPSA) is 67.8 Å². The fourth-order valence-electron chi connectivity index (χ4n) is 4.09. The highest BCUT2D eigenvalue weighted by Crippen LogP contribution is 2.44. The van der Waals surface area contributed by atoms with E-state index >= 15 is 0 Å². The first-order chi connectivity index (χ1) is 14.7. The van der Waals surface area contributed by atoms with Crippen molar-refractivity contribution >= 4 is 6.09 Å². The molecule has 0 bridgehead atoms. The molecule has 4 rings (SSSR count). The van der Waals surface area contributed by atoms with Crippen LogP contribution in [0.25, 0.3) is 11.1 Å². The van der Waals surface area contributed by atoms with Crippen molar-refractivity contribution < 1.29 is 19.4 Å². The van der Waals surface area contributed by atoms with Gasteiger partial charge in [0.05, 0.1) is 13.2 Å². The number of hydrogen-bond acceptors (Lipinski definition) is 4. The zero-order chi connectivity index (χ0) is 20.9. The molecule has 1 atom stereocenters. The van der Waals surface area contributed by atoms with E-state index in [9.17, 15) is 9.90 Å². The highest BCUT2D eigenvalue weighted by atomic mass is 16.5. The van der Waals surface area contributed by atoms with Crippen LogP contribution in [-0.4, -0.2) is 31.5 Å². The van der Waals surface area contributed by atoms with Gasteiger partial charge in [0.1, 0.15) is 12.4 Å². The summed E-state index contributed by atoms with van der Waals surface area (Å²) in [6, 6.07) is 23.6. The number of rotatable bonds is 7. The second-order valence-electron chi connectivity index (χ2n) is 7.31. The number of fused-ring (bicyclic) bond motifs is 3. The van der Waals surface area contributed by atoms with Gasteiger partial charge in [-0.1, -0.05) is 60.7 Å². The second-order valence-corrected chi connectivity index (χ2v) is 7.31. The van der Waals surface area contributed by atoms with Gasteiger partial charge in [0.15, 0.2) is 0 Å². The van der Waals surface area contributed by atoms with E-state index in [2.05, 4.69) is 29.6 Å². The number of hydrogen-bond donors (Lipinski definition) is 2. The molecule has 0 fully saturated rings. The third-order valence-electron chi connectivity index (χ3n) is 5.55. The van der Waals surface area contributed by atoms with Gasteiger partial charge in [0, 0.05) is 12.5 Å². The smallest absolute Gasteiger partial charge is 0.407 e. The van der Waals surface area contributed by atoms with Gasteiger partial charge >= 0.3 is 6.09 Å². The molecule has 154 valence electrons. The van der Waals surface area contributed by atoms with Crippen molar-refractivity contribution in [1.29, 1.82) is 0 Å². The average Bonchev–Trinajstić information content (AvgIpc) is 3.11. The lowest BCUT2D eigenvalue weighted by Crippen LogP contribution is -2.31. The minimum absolute atomic E-state index is 0.0104. The Kier molecular flexibility index (Phi) is 6.00. The van der Waals surface area contributed by atoms with Crippen LogP contribution in [0.2, 0.25) is 0 Å². The summed E-state index contributed by atoms with van der Waals surface area (Å²) in [5, 5.41) is 12.3. The standard InChI is InChI=1S/C25H25NO4/c1-29-18-8-6-7-17(15-18)24(13-14-27)26-25(28)30-16-23-21-11-4-2-9-19(21)20-10-3-5-12-22(20)23/h2-12,15,23-24,27H,13-14,16H2,1H3,(H,26,28)/t24-/m0/s1. The first-order valence-electron chi connectivity index (χ1n) is 10.1. The number of methoxy groups -OCH3 is 1. The quantitative estimate of drug-likeness (QED) is 0.602. The highest BCUT2D eigenvalue weighted by molar-refractivity contribution is 5.79. The Hall–Kier alpha value is -3.31. The minimum atomic E-state index is -0.502. The van der Waals surface area contributed by atoms with E-state index in [1.165, 1.54) is 22.3 Å². The molecule has 2 N–H and O–H groups in total. The zero-order valence-electron chi connectivity index (χ0n) is 16.9. The molecule has 5 heteroatoms. The number of aliphatic hydroxyl groups excluding tert-OH is 1. The molecule has 1 aliphatic carbocycles. The van der Waals surface area contributed by atoms with E-state index in [4.69, 9.17) is 9.47 Å². The number of carbonyl (C=O) groups is 1. The predicted octanol–water partition coefficient (Wildman–Crippen LogP) is 4.66. The Balaban J connectivity index is 1.46. The lowest BCUT2D eigenvalue weighted by atomic mass is 9.98. The Morgan fingerprint density at radius 2 is 1.67 bits per heavy atom. The fourth-order valence-corrected chi connectivity index (χ4v) is 4.09. The summed E-state index contributed by atoms with van der Waals surface area (Å²) < 4.78 is 10.9. The predicted molar refractivity (Wildman–Crippen MR) is 116 cm³/mol. The van der Waals surface area contributed by atoms with Gasteiger partial charge in [-0.3, -0.25) is 0 Å². The van der Waals surface area contributed by atoms with Crippen LogP contribution in [0.15, 0.2) is 72.8 Å². The normalized spacial score (nSPS) is 13.3. The van der Waals surface area contributed by atoms with E-state index in [-0.39, 0.29) is 25.2 Å². The zero-order valence-corrected chi connectivity index (χ0v) is 16.9. The maximum atomic E-state index is 12.6. The van der Waals surface area contributed by atoms with Gasteiger partial charge in [0.2, 0.25) is 0 Å². The second kappa shape index (κ2) is 9.01. The first kappa shape index (κ1) is 20.0. The molecule has 1 aliphatic rings. The van der Waals surface area contributed by atoms with Crippen molar-refractivity contribution in [3.05, 3.63) is 89.5 Å². The molecular weight excluding hydrogens is 378 g/mol. The number of carbonyl (C=O) groups excluding carboxylic acids is 1. The van der Waals surface area contributed by atoms with Crippen molar-refractivity contribution in [1.82, 2.24) is 5.32 Å². The maximum Gasteiger partial charge on any atom is 0.407 e. The van der Waals surface area contributed by atoms with E-state index in [0.717, 1.165) is 5.56 Å². The minimum Gasteiger partial charge on any atom is -0.497 e. The third kappa shape index (κ3) is 4.02. The van der Waals surface area contributed by atoms with E-state index in [1.807, 2.05) is 48.5 Å². The van der Waals surface area contributed by atoms with Crippen LogP contribution in [0.5, 0.6) is 5.75 Å². The van der Waals surface area contributed by atoms with E-state index < -0.39 is 6.09 Å². The molecule has 3 aromatic carbocycles. The Bertz CT molecular complexity index is 987. The number of ether oxygens (including phenoxy) is 2. The van der Waals surface area contributed by atoms with Crippen molar-refractivity contribution in [2.45, 2.75) is 18.4 Å². The summed E-state index contributed by atoms with van der Waals surface area (Å²) >= 11 is 0. The maximum absolute atomic E-state index is 12.6. The molecule has 3 aromatic rings. The summed E-state index contributed by atoms with van der Waals surface area (Å²) in [7, 11) is 1.60. The molecule has 0 saturated heterocycles. The summed E-state index contributed by atoms with van der Waals surface area (Å²) in [4.78, 5) is 12.6. The average molecular weight is 403 g/mol. The van der Waals surface area contributed by atoms with Crippen molar-refractivity contribution in [3.63, 3.8) is 0 Å². The Morgan fingerprint density at radius 3 is 2.30 bits per heavy atom. The lowest BCUT2D eigenvalue weighted by molar-refractivity contribution is 0.136. The molecule has 30 heavy (non-hydrogen) atoms. The van der Waals surface area contributed by atoms with Crippen LogP contribution in [-0.2, 0) is 4.74 Å². The molecule has 0 saturated carbocycles. The lowest BCUT2D eigenvalue weighted by Gasteiger charge is -2.20. The number of amides is 1. The van der Waals surface area contributed by atoms with Gasteiger partial charge in [-0.05, 0) is 46.4 Å². The third-order valence-corrected chi connectivity index (χ3v) is 5.55. The van der Waals surface area contributed by atoms with Crippen LogP contribution in [0.4, 0.5) is 4.79 Å². The molecule has 0 unspecified atom stereocenters. The number of aliphatic hydroxyl groups is 1. The number of alkyl carbamates (subject to hydrolysis) is 1. The van der Waals surface area contributed by atoms with Crippen molar-refractivity contribution in [3.8, 4) is 16.9 Å². The van der Waals surface area contributed by atoms with E-state index in [1.54, 1.807) is 7.11 Å². The summed E-state index contributed by atoms with van der Waals surface area (Å²) in [6.07, 6.45) is -0.115. The van der Waals surface area contributed by atoms with Crippen LogP contribution < -0.4 is 10.1 Å².